The number of fused-ring (bicyclic) bond motifs is 1. The molecule has 2 heterocycles. The molecule has 0 bridgehead atoms. The summed E-state index contributed by atoms with van der Waals surface area (Å²) in [6, 6.07) is 11.4. The molecule has 4 nitrogen and oxygen atoms in total. The molecule has 3 rings (SSSR count). The van der Waals surface area contributed by atoms with Crippen molar-refractivity contribution in [3.63, 3.8) is 0 Å². The van der Waals surface area contributed by atoms with Crippen LogP contribution in [0.25, 0.3) is 0 Å². The minimum atomic E-state index is 0.239. The lowest BCUT2D eigenvalue weighted by molar-refractivity contribution is -0.133. The standard InChI is InChI=1S/C19H28N2O2/c1-23-13-11-18(22)21-14-16(15-8-4-2-5-9-15)19-17(21)10-6-3-7-12-20-19/h2,4-5,8-9,16-17,19-20H,3,6-7,10-14H2,1H3/t16-,17-,19-/m0/s1. The minimum absolute atomic E-state index is 0.239. The van der Waals surface area contributed by atoms with E-state index in [1.807, 2.05) is 0 Å². The van der Waals surface area contributed by atoms with Crippen molar-refractivity contribution >= 4 is 5.91 Å². The number of nitrogens with one attached hydrogen (secondary N) is 1. The number of methoxy groups -OCH3 is 1. The van der Waals surface area contributed by atoms with E-state index in [-0.39, 0.29) is 5.91 Å². The van der Waals surface area contributed by atoms with Crippen molar-refractivity contribution in [3.8, 4) is 0 Å². The Morgan fingerprint density at radius 1 is 1.26 bits per heavy atom. The van der Waals surface area contributed by atoms with Crippen LogP contribution < -0.4 is 5.32 Å². The van der Waals surface area contributed by atoms with Crippen molar-refractivity contribution in [1.82, 2.24) is 10.2 Å². The molecule has 1 N–H and O–H groups in total. The van der Waals surface area contributed by atoms with Crippen LogP contribution in [0.1, 0.15) is 43.6 Å². The fourth-order valence-electron chi connectivity index (χ4n) is 4.09. The average molecular weight is 316 g/mol. The third-order valence-electron chi connectivity index (χ3n) is 5.27. The maximum absolute atomic E-state index is 12.7. The Bertz CT molecular complexity index is 505. The lowest BCUT2D eigenvalue weighted by Gasteiger charge is -2.31. The molecular formula is C19H28N2O2. The number of carbonyl (C=O) groups excluding carboxylic acids is 1. The van der Waals surface area contributed by atoms with Crippen LogP contribution in [0, 0.1) is 0 Å². The molecule has 0 radical (unpaired) electrons. The molecule has 4 heteroatoms. The number of amides is 1. The van der Waals surface area contributed by atoms with Gasteiger partial charge in [-0.3, -0.25) is 4.79 Å². The molecular weight excluding hydrogens is 288 g/mol. The second kappa shape index (κ2) is 7.93. The predicted molar refractivity (Wildman–Crippen MR) is 91.4 cm³/mol. The third kappa shape index (κ3) is 3.75. The van der Waals surface area contributed by atoms with Crippen molar-refractivity contribution in [2.24, 2.45) is 0 Å². The highest BCUT2D eigenvalue weighted by Crippen LogP contribution is 2.35. The van der Waals surface area contributed by atoms with Crippen LogP contribution in [-0.2, 0) is 9.53 Å². The van der Waals surface area contributed by atoms with E-state index in [2.05, 4.69) is 40.5 Å². The van der Waals surface area contributed by atoms with Gasteiger partial charge in [0.2, 0.25) is 5.91 Å². The molecule has 0 aromatic heterocycles. The summed E-state index contributed by atoms with van der Waals surface area (Å²) in [5.74, 6) is 0.633. The maximum Gasteiger partial charge on any atom is 0.225 e. The highest BCUT2D eigenvalue weighted by molar-refractivity contribution is 5.77. The first-order valence-corrected chi connectivity index (χ1v) is 8.88. The van der Waals surface area contributed by atoms with Crippen LogP contribution in [0.15, 0.2) is 30.3 Å². The number of likely N-dealkylation sites (tertiary alicyclic amines) is 1. The second-order valence-corrected chi connectivity index (χ2v) is 6.70. The minimum Gasteiger partial charge on any atom is -0.384 e. The maximum atomic E-state index is 12.7. The zero-order valence-corrected chi connectivity index (χ0v) is 14.0. The van der Waals surface area contributed by atoms with Crippen LogP contribution in [0.2, 0.25) is 0 Å². The van der Waals surface area contributed by atoms with E-state index in [4.69, 9.17) is 4.74 Å². The van der Waals surface area contributed by atoms with E-state index >= 15 is 0 Å². The number of hydrogen-bond acceptors (Lipinski definition) is 3. The molecule has 2 aliphatic heterocycles. The highest BCUT2D eigenvalue weighted by atomic mass is 16.5. The molecule has 0 aliphatic carbocycles. The number of hydrogen-bond donors (Lipinski definition) is 1. The molecule has 23 heavy (non-hydrogen) atoms. The fourth-order valence-corrected chi connectivity index (χ4v) is 4.09. The summed E-state index contributed by atoms with van der Waals surface area (Å²) in [7, 11) is 1.66. The molecule has 2 fully saturated rings. The quantitative estimate of drug-likeness (QED) is 0.928. The molecule has 2 saturated heterocycles. The molecule has 0 saturated carbocycles. The predicted octanol–water partition coefficient (Wildman–Crippen LogP) is 2.55. The first-order valence-electron chi connectivity index (χ1n) is 8.88. The highest BCUT2D eigenvalue weighted by Gasteiger charge is 2.43. The summed E-state index contributed by atoms with van der Waals surface area (Å²) in [5.41, 5.74) is 1.35. The first kappa shape index (κ1) is 16.5. The summed E-state index contributed by atoms with van der Waals surface area (Å²) in [6.07, 6.45) is 5.31. The van der Waals surface area contributed by atoms with Gasteiger partial charge in [-0.15, -0.1) is 0 Å². The largest absolute Gasteiger partial charge is 0.384 e. The van der Waals surface area contributed by atoms with Gasteiger partial charge in [-0.2, -0.15) is 0 Å². The van der Waals surface area contributed by atoms with Gasteiger partial charge in [0.25, 0.3) is 0 Å². The number of rotatable bonds is 4. The Balaban J connectivity index is 1.82. The van der Waals surface area contributed by atoms with Crippen LogP contribution in [-0.4, -0.2) is 49.7 Å². The Kier molecular flexibility index (Phi) is 5.68. The van der Waals surface area contributed by atoms with Gasteiger partial charge in [0.1, 0.15) is 0 Å². The van der Waals surface area contributed by atoms with Crippen LogP contribution in [0.3, 0.4) is 0 Å². The average Bonchev–Trinajstić information content (AvgIpc) is 2.91. The topological polar surface area (TPSA) is 41.6 Å². The van der Waals surface area contributed by atoms with E-state index < -0.39 is 0 Å². The van der Waals surface area contributed by atoms with Gasteiger partial charge in [0.15, 0.2) is 0 Å². The summed E-state index contributed by atoms with van der Waals surface area (Å²) in [6.45, 7) is 2.40. The summed E-state index contributed by atoms with van der Waals surface area (Å²) < 4.78 is 5.10. The van der Waals surface area contributed by atoms with Gasteiger partial charge in [-0.1, -0.05) is 43.2 Å². The summed E-state index contributed by atoms with van der Waals surface area (Å²) >= 11 is 0. The first-order chi connectivity index (χ1) is 11.3. The van der Waals surface area contributed by atoms with Gasteiger partial charge in [-0.05, 0) is 24.9 Å². The zero-order chi connectivity index (χ0) is 16.1. The molecule has 0 unspecified atom stereocenters. The van der Waals surface area contributed by atoms with E-state index in [1.54, 1.807) is 7.11 Å². The van der Waals surface area contributed by atoms with E-state index in [1.165, 1.54) is 24.8 Å². The molecule has 2 aliphatic rings. The monoisotopic (exact) mass is 316 g/mol. The molecule has 3 atom stereocenters. The molecule has 1 aromatic rings. The Morgan fingerprint density at radius 2 is 2.09 bits per heavy atom. The Morgan fingerprint density at radius 3 is 2.87 bits per heavy atom. The normalized spacial score (nSPS) is 28.0. The zero-order valence-electron chi connectivity index (χ0n) is 14.0. The van der Waals surface area contributed by atoms with Crippen molar-refractivity contribution in [1.29, 1.82) is 0 Å². The molecule has 1 amide bonds. The summed E-state index contributed by atoms with van der Waals surface area (Å²) in [4.78, 5) is 14.8. The Labute approximate surface area is 139 Å². The van der Waals surface area contributed by atoms with Crippen LogP contribution in [0.4, 0.5) is 0 Å². The van der Waals surface area contributed by atoms with Gasteiger partial charge in [-0.25, -0.2) is 0 Å². The SMILES string of the molecule is COCCC(=O)N1C[C@@H](c2ccccc2)[C@@H]2NCCCCC[C@@H]21. The van der Waals surface area contributed by atoms with Crippen molar-refractivity contribution in [2.45, 2.75) is 50.1 Å². The van der Waals surface area contributed by atoms with Gasteiger partial charge in [0, 0.05) is 31.7 Å². The number of benzene rings is 1. The van der Waals surface area contributed by atoms with Crippen LogP contribution in [0.5, 0.6) is 0 Å². The van der Waals surface area contributed by atoms with Crippen molar-refractivity contribution < 1.29 is 9.53 Å². The van der Waals surface area contributed by atoms with E-state index in [9.17, 15) is 4.79 Å². The third-order valence-corrected chi connectivity index (χ3v) is 5.27. The van der Waals surface area contributed by atoms with E-state index in [0.29, 0.717) is 31.0 Å². The number of carbonyl (C=O) groups is 1. The van der Waals surface area contributed by atoms with Crippen molar-refractivity contribution in [2.75, 3.05) is 26.8 Å². The van der Waals surface area contributed by atoms with Crippen molar-refractivity contribution in [3.05, 3.63) is 35.9 Å². The lowest BCUT2D eigenvalue weighted by atomic mass is 9.88. The lowest BCUT2D eigenvalue weighted by Crippen LogP contribution is -2.47. The second-order valence-electron chi connectivity index (χ2n) is 6.70. The molecule has 1 aromatic carbocycles. The van der Waals surface area contributed by atoms with E-state index in [0.717, 1.165) is 19.5 Å². The fraction of sp³-hybridized carbons (Fsp3) is 0.632. The molecule has 0 spiro atoms. The van der Waals surface area contributed by atoms with Gasteiger partial charge >= 0.3 is 0 Å². The summed E-state index contributed by atoms with van der Waals surface area (Å²) in [5, 5.41) is 3.75. The van der Waals surface area contributed by atoms with Crippen LogP contribution >= 0.6 is 0 Å². The smallest absolute Gasteiger partial charge is 0.225 e. The Hall–Kier alpha value is -1.39. The van der Waals surface area contributed by atoms with Gasteiger partial charge < -0.3 is 15.0 Å². The number of nitrogens with zero attached hydrogens (tertiary/aromatic N) is 1. The van der Waals surface area contributed by atoms with Gasteiger partial charge in [0.05, 0.1) is 13.0 Å². The number of ether oxygens (including phenoxy) is 1. The molecule has 126 valence electrons.